The molecule has 1 saturated carbocycles. The van der Waals surface area contributed by atoms with Crippen molar-refractivity contribution in [3.05, 3.63) is 24.3 Å². The van der Waals surface area contributed by atoms with Gasteiger partial charge in [0.1, 0.15) is 5.75 Å². The molecule has 1 aromatic rings. The van der Waals surface area contributed by atoms with Gasteiger partial charge in [-0.2, -0.15) is 4.99 Å². The molecule has 146 valence electrons. The summed E-state index contributed by atoms with van der Waals surface area (Å²) in [6, 6.07) is 4.73. The van der Waals surface area contributed by atoms with Crippen LogP contribution in [0.4, 0.5) is 18.9 Å². The number of sulfone groups is 1. The standard InChI is InChI=1S/C16H15F3N2O4S2/c17-16(18,19)25-11-5-3-10(4-6-11)21-12-7-27(23,24)8-13(12)26-15(21)20-14(22)9-1-2-9/h3-6,9,12-13H,1-2,7-8H2/t12-,13-/m0/s1. The molecule has 2 atom stereocenters. The van der Waals surface area contributed by atoms with Crippen LogP contribution in [0.25, 0.3) is 0 Å². The normalized spacial score (nSPS) is 28.4. The van der Waals surface area contributed by atoms with Gasteiger partial charge in [-0.05, 0) is 37.1 Å². The van der Waals surface area contributed by atoms with Crippen molar-refractivity contribution in [3.8, 4) is 5.75 Å². The molecule has 4 rings (SSSR count). The predicted octanol–water partition coefficient (Wildman–Crippen LogP) is 2.60. The van der Waals surface area contributed by atoms with Gasteiger partial charge in [-0.25, -0.2) is 8.42 Å². The minimum absolute atomic E-state index is 0.00919. The van der Waals surface area contributed by atoms with Crippen LogP contribution in [0.15, 0.2) is 29.3 Å². The Labute approximate surface area is 157 Å². The monoisotopic (exact) mass is 420 g/mol. The molecule has 3 aliphatic rings. The van der Waals surface area contributed by atoms with Crippen LogP contribution >= 0.6 is 11.8 Å². The number of halogens is 3. The lowest BCUT2D eigenvalue weighted by Crippen LogP contribution is -2.37. The molecule has 3 fully saturated rings. The number of carbonyl (C=O) groups excluding carboxylic acids is 1. The molecular formula is C16H15F3N2O4S2. The van der Waals surface area contributed by atoms with Crippen molar-refractivity contribution >= 4 is 38.4 Å². The van der Waals surface area contributed by atoms with Gasteiger partial charge in [0, 0.05) is 16.9 Å². The third-order valence-corrected chi connectivity index (χ3v) is 7.76. The Balaban J connectivity index is 1.64. The van der Waals surface area contributed by atoms with E-state index in [1.54, 1.807) is 4.90 Å². The summed E-state index contributed by atoms with van der Waals surface area (Å²) < 4.78 is 64.8. The average Bonchev–Trinajstić information content (AvgIpc) is 3.28. The fourth-order valence-electron chi connectivity index (χ4n) is 3.19. The van der Waals surface area contributed by atoms with Gasteiger partial charge in [0.05, 0.1) is 17.5 Å². The van der Waals surface area contributed by atoms with Gasteiger partial charge in [-0.15, -0.1) is 13.2 Å². The zero-order valence-electron chi connectivity index (χ0n) is 13.8. The first-order chi connectivity index (χ1) is 12.6. The Bertz CT molecular complexity index is 895. The number of fused-ring (bicyclic) bond motifs is 1. The lowest BCUT2D eigenvalue weighted by molar-refractivity contribution is -0.274. The second kappa shape index (κ2) is 6.40. The van der Waals surface area contributed by atoms with Crippen LogP contribution in [0.1, 0.15) is 12.8 Å². The molecule has 2 heterocycles. The van der Waals surface area contributed by atoms with Crippen molar-refractivity contribution in [1.29, 1.82) is 0 Å². The summed E-state index contributed by atoms with van der Waals surface area (Å²) in [6.07, 6.45) is -3.20. The highest BCUT2D eigenvalue weighted by molar-refractivity contribution is 8.16. The summed E-state index contributed by atoms with van der Waals surface area (Å²) in [6.45, 7) is 0. The van der Waals surface area contributed by atoms with E-state index in [9.17, 15) is 26.4 Å². The van der Waals surface area contributed by atoms with Crippen LogP contribution in [-0.4, -0.2) is 48.7 Å². The number of ether oxygens (including phenoxy) is 1. The van der Waals surface area contributed by atoms with Crippen molar-refractivity contribution in [2.24, 2.45) is 10.9 Å². The number of alkyl halides is 3. The molecule has 0 unspecified atom stereocenters. The molecule has 11 heteroatoms. The van der Waals surface area contributed by atoms with Crippen molar-refractivity contribution in [2.45, 2.75) is 30.5 Å². The lowest BCUT2D eigenvalue weighted by atomic mass is 10.2. The van der Waals surface area contributed by atoms with E-state index >= 15 is 0 Å². The Hall–Kier alpha value is -1.75. The maximum absolute atomic E-state index is 12.3. The first kappa shape index (κ1) is 18.6. The van der Waals surface area contributed by atoms with E-state index in [0.29, 0.717) is 10.9 Å². The number of anilines is 1. The molecule has 1 amide bonds. The van der Waals surface area contributed by atoms with E-state index in [0.717, 1.165) is 25.0 Å². The fraction of sp³-hybridized carbons (Fsp3) is 0.500. The number of aliphatic imine (C=N–C) groups is 1. The van der Waals surface area contributed by atoms with Crippen molar-refractivity contribution < 1.29 is 31.1 Å². The summed E-state index contributed by atoms with van der Waals surface area (Å²) >= 11 is 1.24. The minimum atomic E-state index is -4.79. The molecule has 0 aromatic heterocycles. The molecular weight excluding hydrogens is 405 g/mol. The molecule has 0 bridgehead atoms. The van der Waals surface area contributed by atoms with Gasteiger partial charge in [0.15, 0.2) is 15.0 Å². The van der Waals surface area contributed by atoms with E-state index in [2.05, 4.69) is 9.73 Å². The molecule has 27 heavy (non-hydrogen) atoms. The zero-order valence-corrected chi connectivity index (χ0v) is 15.5. The van der Waals surface area contributed by atoms with Crippen LogP contribution in [0.3, 0.4) is 0 Å². The van der Waals surface area contributed by atoms with Crippen molar-refractivity contribution in [2.75, 3.05) is 16.4 Å². The number of nitrogens with zero attached hydrogens (tertiary/aromatic N) is 2. The van der Waals surface area contributed by atoms with Gasteiger partial charge in [-0.1, -0.05) is 11.8 Å². The highest BCUT2D eigenvalue weighted by Crippen LogP contribution is 2.42. The van der Waals surface area contributed by atoms with E-state index in [4.69, 9.17) is 0 Å². The SMILES string of the molecule is O=C(N=C1S[C@H]2CS(=O)(=O)C[C@@H]2N1c1ccc(OC(F)(F)F)cc1)C1CC1. The average molecular weight is 420 g/mol. The third kappa shape index (κ3) is 4.08. The highest BCUT2D eigenvalue weighted by atomic mass is 32.2. The summed E-state index contributed by atoms with van der Waals surface area (Å²) in [4.78, 5) is 17.9. The first-order valence-electron chi connectivity index (χ1n) is 8.26. The third-order valence-electron chi connectivity index (χ3n) is 4.55. The second-order valence-electron chi connectivity index (χ2n) is 6.72. The van der Waals surface area contributed by atoms with Gasteiger partial charge in [0.2, 0.25) is 0 Å². The predicted molar refractivity (Wildman–Crippen MR) is 94.6 cm³/mol. The quantitative estimate of drug-likeness (QED) is 0.748. The molecule has 0 N–H and O–H groups in total. The van der Waals surface area contributed by atoms with E-state index in [-0.39, 0.29) is 34.3 Å². The van der Waals surface area contributed by atoms with Gasteiger partial charge in [-0.3, -0.25) is 4.79 Å². The number of hydrogen-bond acceptors (Lipinski definition) is 5. The van der Waals surface area contributed by atoms with Gasteiger partial charge >= 0.3 is 6.36 Å². The largest absolute Gasteiger partial charge is 0.573 e. The Kier molecular flexibility index (Phi) is 4.41. The summed E-state index contributed by atoms with van der Waals surface area (Å²) in [5.41, 5.74) is 0.476. The topological polar surface area (TPSA) is 76.0 Å². The maximum atomic E-state index is 12.3. The number of benzene rings is 1. The maximum Gasteiger partial charge on any atom is 0.573 e. The second-order valence-corrected chi connectivity index (χ2v) is 10.1. The van der Waals surface area contributed by atoms with Crippen LogP contribution < -0.4 is 9.64 Å². The summed E-state index contributed by atoms with van der Waals surface area (Å²) in [5, 5.41) is 0.146. The lowest BCUT2D eigenvalue weighted by Gasteiger charge is -2.24. The van der Waals surface area contributed by atoms with Crippen molar-refractivity contribution in [3.63, 3.8) is 0 Å². The smallest absolute Gasteiger partial charge is 0.406 e. The Morgan fingerprint density at radius 2 is 1.85 bits per heavy atom. The Morgan fingerprint density at radius 3 is 2.44 bits per heavy atom. The number of carbonyl (C=O) groups is 1. The fourth-order valence-corrected chi connectivity index (χ4v) is 7.11. The van der Waals surface area contributed by atoms with Crippen LogP contribution in [-0.2, 0) is 14.6 Å². The van der Waals surface area contributed by atoms with Crippen LogP contribution in [0, 0.1) is 5.92 Å². The molecule has 2 saturated heterocycles. The zero-order chi connectivity index (χ0) is 19.4. The summed E-state index contributed by atoms with van der Waals surface area (Å²) in [5.74, 6) is -0.775. The number of thioether (sulfide) groups is 1. The number of amides is 1. The number of amidine groups is 1. The van der Waals surface area contributed by atoms with E-state index in [1.807, 2.05) is 0 Å². The molecule has 0 radical (unpaired) electrons. The number of hydrogen-bond donors (Lipinski definition) is 0. The molecule has 2 aliphatic heterocycles. The summed E-state index contributed by atoms with van der Waals surface area (Å²) in [7, 11) is -3.21. The Morgan fingerprint density at radius 1 is 1.19 bits per heavy atom. The minimum Gasteiger partial charge on any atom is -0.406 e. The highest BCUT2D eigenvalue weighted by Gasteiger charge is 2.49. The van der Waals surface area contributed by atoms with E-state index < -0.39 is 22.2 Å². The molecule has 1 aromatic carbocycles. The molecule has 6 nitrogen and oxygen atoms in total. The first-order valence-corrected chi connectivity index (χ1v) is 11.0. The van der Waals surface area contributed by atoms with Crippen molar-refractivity contribution in [1.82, 2.24) is 0 Å². The van der Waals surface area contributed by atoms with E-state index in [1.165, 1.54) is 23.9 Å². The number of rotatable bonds is 3. The molecule has 0 spiro atoms. The van der Waals surface area contributed by atoms with Gasteiger partial charge < -0.3 is 9.64 Å². The van der Waals surface area contributed by atoms with Crippen LogP contribution in [0.5, 0.6) is 5.75 Å². The van der Waals surface area contributed by atoms with Crippen LogP contribution in [0.2, 0.25) is 0 Å². The molecule has 1 aliphatic carbocycles. The van der Waals surface area contributed by atoms with Gasteiger partial charge in [0.25, 0.3) is 5.91 Å².